The molecule has 0 atom stereocenters. The summed E-state index contributed by atoms with van der Waals surface area (Å²) in [5.41, 5.74) is 0. The lowest BCUT2D eigenvalue weighted by Gasteiger charge is -2.18. The van der Waals surface area contributed by atoms with Crippen molar-refractivity contribution in [1.82, 2.24) is 4.98 Å². The van der Waals surface area contributed by atoms with E-state index >= 15 is 0 Å². The van der Waals surface area contributed by atoms with Gasteiger partial charge in [0.2, 0.25) is 0 Å². The van der Waals surface area contributed by atoms with E-state index in [4.69, 9.17) is 9.47 Å². The Bertz CT molecular complexity index is 645. The quantitative estimate of drug-likeness (QED) is 0.639. The zero-order valence-corrected chi connectivity index (χ0v) is 11.1. The van der Waals surface area contributed by atoms with E-state index in [2.05, 4.69) is 4.98 Å². The molecular formula is C13H10N2O4S. The lowest BCUT2D eigenvalue weighted by Crippen LogP contribution is -2.15. The highest BCUT2D eigenvalue weighted by Crippen LogP contribution is 2.36. The molecule has 2 aromatic rings. The smallest absolute Gasteiger partial charge is 0.363 e. The van der Waals surface area contributed by atoms with Gasteiger partial charge in [-0.25, -0.2) is 0 Å². The van der Waals surface area contributed by atoms with Gasteiger partial charge in [0.15, 0.2) is 17.7 Å². The van der Waals surface area contributed by atoms with Gasteiger partial charge in [-0.1, -0.05) is 11.8 Å². The molecule has 0 radical (unpaired) electrons. The molecule has 0 fully saturated rings. The molecule has 6 nitrogen and oxygen atoms in total. The second-order valence-corrected chi connectivity index (χ2v) is 5.16. The van der Waals surface area contributed by atoms with E-state index < -0.39 is 4.92 Å². The maximum Gasteiger partial charge on any atom is 0.363 e. The molecule has 1 aliphatic heterocycles. The van der Waals surface area contributed by atoms with Crippen LogP contribution in [0.25, 0.3) is 0 Å². The number of ether oxygens (including phenoxy) is 2. The van der Waals surface area contributed by atoms with Crippen LogP contribution in [0.1, 0.15) is 0 Å². The average molecular weight is 290 g/mol. The van der Waals surface area contributed by atoms with Crippen molar-refractivity contribution in [2.45, 2.75) is 9.79 Å². The second kappa shape index (κ2) is 5.38. The summed E-state index contributed by atoms with van der Waals surface area (Å²) in [6, 6.07) is 8.72. The first-order chi connectivity index (χ1) is 9.72. The topological polar surface area (TPSA) is 74.5 Å². The van der Waals surface area contributed by atoms with E-state index in [1.54, 1.807) is 6.07 Å². The number of aromatic nitrogens is 1. The third-order valence-corrected chi connectivity index (χ3v) is 3.62. The molecule has 1 aromatic heterocycles. The van der Waals surface area contributed by atoms with Crippen molar-refractivity contribution >= 4 is 17.6 Å². The number of hydrogen-bond acceptors (Lipinski definition) is 6. The molecule has 1 aliphatic rings. The van der Waals surface area contributed by atoms with Gasteiger partial charge in [-0.15, -0.1) is 0 Å². The maximum atomic E-state index is 10.5. The number of hydrogen-bond donors (Lipinski definition) is 0. The lowest BCUT2D eigenvalue weighted by molar-refractivity contribution is -0.389. The number of benzene rings is 1. The van der Waals surface area contributed by atoms with Crippen LogP contribution >= 0.6 is 11.8 Å². The summed E-state index contributed by atoms with van der Waals surface area (Å²) >= 11 is 1.46. The molecule has 0 saturated carbocycles. The van der Waals surface area contributed by atoms with Gasteiger partial charge in [-0.3, -0.25) is 0 Å². The summed E-state index contributed by atoms with van der Waals surface area (Å²) in [5, 5.41) is 10.5. The van der Waals surface area contributed by atoms with Crippen LogP contribution in [0, 0.1) is 10.1 Å². The highest BCUT2D eigenvalue weighted by atomic mass is 32.2. The minimum Gasteiger partial charge on any atom is -0.486 e. The van der Waals surface area contributed by atoms with Crippen LogP contribution in [0.5, 0.6) is 11.5 Å². The second-order valence-electron chi connectivity index (χ2n) is 4.02. The average Bonchev–Trinajstić information content (AvgIpc) is 2.48. The summed E-state index contributed by atoms with van der Waals surface area (Å²) in [5.74, 6) is 1.30. The highest BCUT2D eigenvalue weighted by molar-refractivity contribution is 7.99. The Labute approximate surface area is 118 Å². The van der Waals surface area contributed by atoms with Crippen LogP contribution in [0.2, 0.25) is 0 Å². The fourth-order valence-corrected chi connectivity index (χ4v) is 2.58. The Kier molecular flexibility index (Phi) is 3.42. The van der Waals surface area contributed by atoms with E-state index in [9.17, 15) is 10.1 Å². The van der Waals surface area contributed by atoms with Gasteiger partial charge in [0, 0.05) is 11.0 Å². The van der Waals surface area contributed by atoms with E-state index in [0.717, 1.165) is 21.3 Å². The van der Waals surface area contributed by atoms with E-state index in [0.29, 0.717) is 13.2 Å². The summed E-state index contributed by atoms with van der Waals surface area (Å²) in [7, 11) is 0. The van der Waals surface area contributed by atoms with E-state index in [1.807, 2.05) is 18.2 Å². The Hall–Kier alpha value is -2.28. The first-order valence-corrected chi connectivity index (χ1v) is 6.72. The molecule has 0 spiro atoms. The predicted molar refractivity (Wildman–Crippen MR) is 72.4 cm³/mol. The fourth-order valence-electron chi connectivity index (χ4n) is 1.76. The third kappa shape index (κ3) is 2.67. The predicted octanol–water partition coefficient (Wildman–Crippen LogP) is 2.91. The van der Waals surface area contributed by atoms with Crippen molar-refractivity contribution in [3.8, 4) is 11.5 Å². The molecule has 3 rings (SSSR count). The number of fused-ring (bicyclic) bond motifs is 1. The van der Waals surface area contributed by atoms with Crippen LogP contribution < -0.4 is 9.47 Å². The number of nitrogens with zero attached hydrogens (tertiary/aromatic N) is 2. The van der Waals surface area contributed by atoms with Crippen LogP contribution in [0.4, 0.5) is 5.82 Å². The first-order valence-electron chi connectivity index (χ1n) is 5.90. The molecule has 102 valence electrons. The Morgan fingerprint density at radius 2 is 1.85 bits per heavy atom. The molecule has 2 heterocycles. The van der Waals surface area contributed by atoms with Gasteiger partial charge >= 0.3 is 5.82 Å². The van der Waals surface area contributed by atoms with Crippen molar-refractivity contribution in [2.24, 2.45) is 0 Å². The van der Waals surface area contributed by atoms with Gasteiger partial charge in [-0.05, 0) is 34.2 Å². The van der Waals surface area contributed by atoms with Gasteiger partial charge in [0.05, 0.1) is 4.90 Å². The van der Waals surface area contributed by atoms with Crippen molar-refractivity contribution < 1.29 is 14.4 Å². The van der Waals surface area contributed by atoms with Crippen molar-refractivity contribution in [3.05, 3.63) is 46.6 Å². The third-order valence-electron chi connectivity index (χ3n) is 2.66. The Morgan fingerprint density at radius 1 is 1.10 bits per heavy atom. The van der Waals surface area contributed by atoms with Gasteiger partial charge in [0.1, 0.15) is 13.2 Å². The standard InChI is InChI=1S/C13H10N2O4S/c16-15(17)13-4-2-10(8-14-13)20-9-1-3-11-12(7-9)19-6-5-18-11/h1-4,7-8H,5-6H2. The Balaban J connectivity index is 1.78. The summed E-state index contributed by atoms with van der Waals surface area (Å²) in [6.45, 7) is 1.10. The van der Waals surface area contributed by atoms with Crippen LogP contribution in [-0.4, -0.2) is 23.1 Å². The fraction of sp³-hybridized carbons (Fsp3) is 0.154. The van der Waals surface area contributed by atoms with Gasteiger partial charge in [-0.2, -0.15) is 0 Å². The summed E-state index contributed by atoms with van der Waals surface area (Å²) in [4.78, 5) is 15.6. The molecule has 0 aliphatic carbocycles. The number of rotatable bonds is 3. The normalized spacial score (nSPS) is 13.0. The molecule has 0 amide bonds. The van der Waals surface area contributed by atoms with Gasteiger partial charge < -0.3 is 19.6 Å². The Morgan fingerprint density at radius 3 is 2.55 bits per heavy atom. The van der Waals surface area contributed by atoms with Crippen LogP contribution in [0.3, 0.4) is 0 Å². The van der Waals surface area contributed by atoms with Gasteiger partial charge in [0.25, 0.3) is 0 Å². The molecule has 7 heteroatoms. The zero-order valence-electron chi connectivity index (χ0n) is 10.3. The molecule has 1 aromatic carbocycles. The van der Waals surface area contributed by atoms with Crippen LogP contribution in [-0.2, 0) is 0 Å². The molecule has 20 heavy (non-hydrogen) atoms. The number of nitro groups is 1. The van der Waals surface area contributed by atoms with E-state index in [-0.39, 0.29) is 5.82 Å². The van der Waals surface area contributed by atoms with Crippen molar-refractivity contribution in [2.75, 3.05) is 13.2 Å². The molecule has 0 unspecified atom stereocenters. The summed E-state index contributed by atoms with van der Waals surface area (Å²) in [6.07, 6.45) is 1.49. The number of pyridine rings is 1. The lowest BCUT2D eigenvalue weighted by atomic mass is 10.3. The zero-order chi connectivity index (χ0) is 13.9. The highest BCUT2D eigenvalue weighted by Gasteiger charge is 2.13. The molecule has 0 N–H and O–H groups in total. The van der Waals surface area contributed by atoms with E-state index in [1.165, 1.54) is 24.0 Å². The molecule has 0 bridgehead atoms. The molecular weight excluding hydrogens is 280 g/mol. The van der Waals surface area contributed by atoms with Crippen LogP contribution in [0.15, 0.2) is 46.3 Å². The van der Waals surface area contributed by atoms with Crippen molar-refractivity contribution in [3.63, 3.8) is 0 Å². The maximum absolute atomic E-state index is 10.5. The minimum absolute atomic E-state index is 0.156. The largest absolute Gasteiger partial charge is 0.486 e. The SMILES string of the molecule is O=[N+]([O-])c1ccc(Sc2ccc3c(c2)OCCO3)cn1. The first kappa shape index (κ1) is 12.7. The summed E-state index contributed by atoms with van der Waals surface area (Å²) < 4.78 is 11.0. The minimum atomic E-state index is -0.515. The molecule has 0 saturated heterocycles. The monoisotopic (exact) mass is 290 g/mol. The van der Waals surface area contributed by atoms with Crippen molar-refractivity contribution in [1.29, 1.82) is 0 Å².